The molecule has 0 spiro atoms. The van der Waals surface area contributed by atoms with E-state index in [1.807, 2.05) is 90.5 Å². The maximum Gasteiger partial charge on any atom is 0.253 e. The van der Waals surface area contributed by atoms with Gasteiger partial charge in [-0.05, 0) is 36.6 Å². The van der Waals surface area contributed by atoms with Gasteiger partial charge in [-0.3, -0.25) is 9.36 Å². The van der Waals surface area contributed by atoms with E-state index < -0.39 is 5.25 Å². The van der Waals surface area contributed by atoms with Crippen LogP contribution in [-0.2, 0) is 11.3 Å². The van der Waals surface area contributed by atoms with Crippen LogP contribution in [0.25, 0.3) is 27.4 Å². The van der Waals surface area contributed by atoms with Crippen molar-refractivity contribution in [3.8, 4) is 5.69 Å². The number of para-hydroxylation sites is 2. The largest absolute Gasteiger partial charge is 0.377 e. The van der Waals surface area contributed by atoms with Gasteiger partial charge in [0.05, 0.1) is 18.0 Å². The summed E-state index contributed by atoms with van der Waals surface area (Å²) in [5, 5.41) is 20.2. The van der Waals surface area contributed by atoms with Crippen LogP contribution in [0.5, 0.6) is 0 Å². The highest BCUT2D eigenvalue weighted by Crippen LogP contribution is 2.28. The van der Waals surface area contributed by atoms with Gasteiger partial charge in [0.25, 0.3) is 5.91 Å². The molecule has 0 saturated heterocycles. The maximum atomic E-state index is 12.9. The number of rotatable bonds is 9. The number of aromatic nitrogens is 4. The maximum absolute atomic E-state index is 12.9. The van der Waals surface area contributed by atoms with E-state index in [-0.39, 0.29) is 5.91 Å². The summed E-state index contributed by atoms with van der Waals surface area (Å²) in [6.45, 7) is 2.30. The summed E-state index contributed by atoms with van der Waals surface area (Å²) in [4.78, 5) is 16.1. The number of fused-ring (bicyclic) bond motifs is 2. The van der Waals surface area contributed by atoms with Crippen molar-refractivity contribution in [2.75, 3.05) is 5.32 Å². The third-order valence-corrected chi connectivity index (χ3v) is 7.64. The van der Waals surface area contributed by atoms with Crippen molar-refractivity contribution in [1.29, 1.82) is 0 Å². The quantitative estimate of drug-likeness (QED) is 0.115. The highest BCUT2D eigenvalue weighted by atomic mass is 32.2. The number of nitrogens with zero attached hydrogens (tertiary/aromatic N) is 4. The third-order valence-electron chi connectivity index (χ3n) is 6.59. The molecule has 0 bridgehead atoms. The first-order valence-electron chi connectivity index (χ1n) is 12.9. The molecule has 0 aliphatic heterocycles. The van der Waals surface area contributed by atoms with Crippen LogP contribution >= 0.6 is 11.8 Å². The van der Waals surface area contributed by atoms with Gasteiger partial charge in [0.1, 0.15) is 0 Å². The average molecular weight is 546 g/mol. The van der Waals surface area contributed by atoms with Crippen molar-refractivity contribution in [2.45, 2.75) is 23.9 Å². The Balaban J connectivity index is 1.18. The number of nitrogens with one attached hydrogen (secondary N) is 3. The van der Waals surface area contributed by atoms with E-state index in [2.05, 4.69) is 55.3 Å². The van der Waals surface area contributed by atoms with Crippen molar-refractivity contribution in [3.05, 3.63) is 115 Å². The normalized spacial score (nSPS) is 12.2. The fourth-order valence-electron chi connectivity index (χ4n) is 4.55. The van der Waals surface area contributed by atoms with Crippen molar-refractivity contribution in [1.82, 2.24) is 25.2 Å². The smallest absolute Gasteiger partial charge is 0.253 e. The Bertz CT molecular complexity index is 1800. The predicted molar refractivity (Wildman–Crippen MR) is 162 cm³/mol. The number of carbonyl (C=O) groups is 1. The average Bonchev–Trinajstić information content (AvgIpc) is 3.60. The summed E-state index contributed by atoms with van der Waals surface area (Å²) in [7, 11) is 0. The van der Waals surface area contributed by atoms with Crippen LogP contribution in [-0.4, -0.2) is 37.1 Å². The summed E-state index contributed by atoms with van der Waals surface area (Å²) >= 11 is 1.34. The first-order chi connectivity index (χ1) is 19.7. The van der Waals surface area contributed by atoms with Gasteiger partial charge in [0, 0.05) is 39.4 Å². The lowest BCUT2D eigenvalue weighted by atomic mass is 10.1. The Kier molecular flexibility index (Phi) is 7.28. The van der Waals surface area contributed by atoms with Crippen LogP contribution in [0.4, 0.5) is 5.69 Å². The van der Waals surface area contributed by atoms with Crippen molar-refractivity contribution in [2.24, 2.45) is 5.10 Å². The van der Waals surface area contributed by atoms with Gasteiger partial charge >= 0.3 is 0 Å². The standard InChI is InChI=1S/C31H27N7OS/c1-21(30(39)36-34-19-23-18-32-27-16-8-7-15-26(23)27)40-31-37-35-29(38(31)24-12-3-2-4-13-24)20-33-28-17-9-11-22-10-5-6-14-25(22)28/h2-19,21,32-33H,20H2,1H3,(H,36,39)/b34-19+/t21-/m0/s1. The molecule has 9 heteroatoms. The topological polar surface area (TPSA) is 100.0 Å². The molecule has 0 aliphatic rings. The number of aromatic amines is 1. The van der Waals surface area contributed by atoms with E-state index in [1.165, 1.54) is 17.1 Å². The molecule has 198 valence electrons. The predicted octanol–water partition coefficient (Wildman–Crippen LogP) is 6.14. The lowest BCUT2D eigenvalue weighted by Gasteiger charge is -2.14. The third kappa shape index (κ3) is 5.32. The number of hydrogen-bond donors (Lipinski definition) is 3. The molecule has 2 aromatic heterocycles. The lowest BCUT2D eigenvalue weighted by molar-refractivity contribution is -0.120. The molecule has 0 saturated carbocycles. The minimum absolute atomic E-state index is 0.223. The molecule has 4 aromatic carbocycles. The van der Waals surface area contributed by atoms with Crippen LogP contribution < -0.4 is 10.7 Å². The van der Waals surface area contributed by atoms with Gasteiger partial charge in [-0.1, -0.05) is 84.6 Å². The zero-order valence-corrected chi connectivity index (χ0v) is 22.6. The highest BCUT2D eigenvalue weighted by molar-refractivity contribution is 8.00. The summed E-state index contributed by atoms with van der Waals surface area (Å²) in [5.41, 5.74) is 6.54. The fourth-order valence-corrected chi connectivity index (χ4v) is 5.43. The molecule has 1 atom stereocenters. The first-order valence-corrected chi connectivity index (χ1v) is 13.8. The molecule has 0 radical (unpaired) electrons. The number of carbonyl (C=O) groups excluding carboxylic acids is 1. The summed E-state index contributed by atoms with van der Waals surface area (Å²) < 4.78 is 1.99. The van der Waals surface area contributed by atoms with E-state index in [4.69, 9.17) is 0 Å². The Hall–Kier alpha value is -4.89. The van der Waals surface area contributed by atoms with Crippen LogP contribution in [0.2, 0.25) is 0 Å². The van der Waals surface area contributed by atoms with Crippen LogP contribution in [0.1, 0.15) is 18.3 Å². The molecule has 6 rings (SSSR count). The lowest BCUT2D eigenvalue weighted by Crippen LogP contribution is -2.27. The van der Waals surface area contributed by atoms with E-state index in [0.29, 0.717) is 11.7 Å². The van der Waals surface area contributed by atoms with Gasteiger partial charge in [-0.15, -0.1) is 10.2 Å². The van der Waals surface area contributed by atoms with Gasteiger partial charge in [-0.2, -0.15) is 5.10 Å². The molecule has 3 N–H and O–H groups in total. The minimum Gasteiger partial charge on any atom is -0.377 e. The Morgan fingerprint density at radius 3 is 2.58 bits per heavy atom. The molecule has 0 unspecified atom stereocenters. The number of H-pyrrole nitrogens is 1. The Labute approximate surface area is 235 Å². The van der Waals surface area contributed by atoms with Gasteiger partial charge in [-0.25, -0.2) is 5.43 Å². The molecule has 8 nitrogen and oxygen atoms in total. The zero-order chi connectivity index (χ0) is 27.3. The number of anilines is 1. The second-order valence-corrected chi connectivity index (χ2v) is 10.5. The molecular weight excluding hydrogens is 518 g/mol. The van der Waals surface area contributed by atoms with Crippen LogP contribution in [0, 0.1) is 0 Å². The van der Waals surface area contributed by atoms with Crippen molar-refractivity contribution >= 4 is 51.2 Å². The molecule has 6 aromatic rings. The van der Waals surface area contributed by atoms with Gasteiger partial charge in [0.15, 0.2) is 11.0 Å². The minimum atomic E-state index is -0.453. The molecule has 0 aliphatic carbocycles. The molecule has 0 fully saturated rings. The Morgan fingerprint density at radius 1 is 0.950 bits per heavy atom. The molecule has 1 amide bonds. The second-order valence-electron chi connectivity index (χ2n) is 9.23. The monoisotopic (exact) mass is 545 g/mol. The van der Waals surface area contributed by atoms with Gasteiger partial charge in [0.2, 0.25) is 0 Å². The molecular formula is C31H27N7OS. The summed E-state index contributed by atoms with van der Waals surface area (Å²) in [5.74, 6) is 0.519. The first kappa shape index (κ1) is 25.4. The van der Waals surface area contributed by atoms with E-state index in [9.17, 15) is 4.79 Å². The van der Waals surface area contributed by atoms with Crippen LogP contribution in [0.3, 0.4) is 0 Å². The van der Waals surface area contributed by atoms with Crippen LogP contribution in [0.15, 0.2) is 114 Å². The van der Waals surface area contributed by atoms with E-state index >= 15 is 0 Å². The molecule has 40 heavy (non-hydrogen) atoms. The number of thioether (sulfide) groups is 1. The van der Waals surface area contributed by atoms with Gasteiger partial charge < -0.3 is 10.3 Å². The second kappa shape index (κ2) is 11.5. The SMILES string of the molecule is C[C@H](Sc1nnc(CNc2cccc3ccccc23)n1-c1ccccc1)C(=O)N/N=C/c1c[nH]c2ccccc12. The number of benzene rings is 4. The summed E-state index contributed by atoms with van der Waals surface area (Å²) in [6, 6.07) is 32.3. The number of hydrogen-bond acceptors (Lipinski definition) is 6. The highest BCUT2D eigenvalue weighted by Gasteiger charge is 2.21. The van der Waals surface area contributed by atoms with Crippen molar-refractivity contribution < 1.29 is 4.79 Å². The Morgan fingerprint density at radius 2 is 1.70 bits per heavy atom. The fraction of sp³-hybridized carbons (Fsp3) is 0.0968. The molecule has 2 heterocycles. The zero-order valence-electron chi connectivity index (χ0n) is 21.8. The summed E-state index contributed by atoms with van der Waals surface area (Å²) in [6.07, 6.45) is 3.52. The van der Waals surface area contributed by atoms with E-state index in [0.717, 1.165) is 39.1 Å². The number of hydrazone groups is 1. The van der Waals surface area contributed by atoms with Crippen molar-refractivity contribution in [3.63, 3.8) is 0 Å². The number of amides is 1. The van der Waals surface area contributed by atoms with E-state index in [1.54, 1.807) is 6.21 Å².